The highest BCUT2D eigenvalue weighted by Gasteiger charge is 2.05. The van der Waals surface area contributed by atoms with E-state index in [1.165, 1.54) is 11.1 Å². The van der Waals surface area contributed by atoms with Crippen molar-refractivity contribution in [1.29, 1.82) is 0 Å². The number of nitrogen functional groups attached to an aromatic ring is 1. The molecule has 0 spiro atoms. The van der Waals surface area contributed by atoms with Gasteiger partial charge in [-0.2, -0.15) is 0 Å². The van der Waals surface area contributed by atoms with Gasteiger partial charge < -0.3 is 10.5 Å². The Labute approximate surface area is 140 Å². The van der Waals surface area contributed by atoms with Gasteiger partial charge in [0.2, 0.25) is 0 Å². The maximum atomic E-state index is 5.86. The highest BCUT2D eigenvalue weighted by Crippen LogP contribution is 2.23. The summed E-state index contributed by atoms with van der Waals surface area (Å²) in [6.07, 6.45) is 1.85. The first kappa shape index (κ1) is 15.6. The van der Waals surface area contributed by atoms with E-state index in [-0.39, 0.29) is 0 Å². The molecule has 3 nitrogen and oxygen atoms in total. The molecule has 4 heteroatoms. The summed E-state index contributed by atoms with van der Waals surface area (Å²) in [6.45, 7) is 2.74. The van der Waals surface area contributed by atoms with Gasteiger partial charge in [-0.05, 0) is 25.5 Å². The molecule has 2 aromatic carbocycles. The molecule has 2 N–H and O–H groups in total. The van der Waals surface area contributed by atoms with Crippen LogP contribution in [0.5, 0.6) is 5.75 Å². The van der Waals surface area contributed by atoms with Crippen molar-refractivity contribution >= 4 is 17.0 Å². The number of para-hydroxylation sites is 2. The molecule has 0 bridgehead atoms. The lowest BCUT2D eigenvalue weighted by Crippen LogP contribution is -2.01. The van der Waals surface area contributed by atoms with E-state index in [9.17, 15) is 0 Å². The Balaban J connectivity index is 1.52. The van der Waals surface area contributed by atoms with Gasteiger partial charge >= 0.3 is 0 Å². The molecular weight excluding hydrogens is 304 g/mol. The van der Waals surface area contributed by atoms with Crippen LogP contribution in [0.2, 0.25) is 0 Å². The number of hydrogen-bond acceptors (Lipinski definition) is 4. The molecule has 3 rings (SSSR count). The van der Waals surface area contributed by atoms with Gasteiger partial charge in [0.05, 0.1) is 23.0 Å². The minimum absolute atomic E-state index is 0.646. The molecule has 0 amide bonds. The van der Waals surface area contributed by atoms with Crippen molar-refractivity contribution in [3.05, 3.63) is 64.5 Å². The van der Waals surface area contributed by atoms with Crippen molar-refractivity contribution in [3.63, 3.8) is 0 Å². The number of benzene rings is 2. The van der Waals surface area contributed by atoms with E-state index >= 15 is 0 Å². The van der Waals surface area contributed by atoms with Crippen LogP contribution in [-0.4, -0.2) is 11.6 Å². The lowest BCUT2D eigenvalue weighted by Gasteiger charge is -2.07. The topological polar surface area (TPSA) is 48.1 Å². The third kappa shape index (κ3) is 4.11. The molecule has 0 radical (unpaired) electrons. The first-order valence-corrected chi connectivity index (χ1v) is 8.59. The van der Waals surface area contributed by atoms with E-state index in [1.54, 1.807) is 11.3 Å². The molecule has 1 heterocycles. The number of thiazole rings is 1. The van der Waals surface area contributed by atoms with Gasteiger partial charge in [0.15, 0.2) is 0 Å². The molecule has 3 aromatic rings. The largest absolute Gasteiger partial charge is 0.491 e. The molecule has 23 heavy (non-hydrogen) atoms. The summed E-state index contributed by atoms with van der Waals surface area (Å²) < 4.78 is 5.71. The molecule has 0 unspecified atom stereocenters. The number of ether oxygens (including phenoxy) is 1. The number of hydrogen-bond donors (Lipinski definition) is 1. The Morgan fingerprint density at radius 3 is 2.65 bits per heavy atom. The van der Waals surface area contributed by atoms with Crippen molar-refractivity contribution in [2.45, 2.75) is 19.8 Å². The second-order valence-corrected chi connectivity index (χ2v) is 6.43. The van der Waals surface area contributed by atoms with E-state index in [4.69, 9.17) is 15.5 Å². The van der Waals surface area contributed by atoms with Gasteiger partial charge in [0, 0.05) is 17.4 Å². The number of nitrogens with zero attached hydrogens (tertiary/aromatic N) is 1. The lowest BCUT2D eigenvalue weighted by molar-refractivity contribution is 0.312. The smallest absolute Gasteiger partial charge is 0.142 e. The summed E-state index contributed by atoms with van der Waals surface area (Å²) in [6, 6.07) is 16.1. The average Bonchev–Trinajstić information content (AvgIpc) is 3.03. The molecule has 0 atom stereocenters. The Kier molecular flexibility index (Phi) is 4.93. The zero-order valence-electron chi connectivity index (χ0n) is 13.2. The minimum Gasteiger partial charge on any atom is -0.491 e. The van der Waals surface area contributed by atoms with Crippen molar-refractivity contribution in [2.75, 3.05) is 12.3 Å². The lowest BCUT2D eigenvalue weighted by atomic mass is 10.1. The van der Waals surface area contributed by atoms with Crippen LogP contribution in [0.1, 0.15) is 17.0 Å². The molecule has 0 saturated carbocycles. The number of anilines is 1. The third-order valence-electron chi connectivity index (χ3n) is 3.61. The van der Waals surface area contributed by atoms with Crippen LogP contribution in [0.4, 0.5) is 5.69 Å². The average molecular weight is 324 g/mol. The second kappa shape index (κ2) is 7.29. The first-order valence-electron chi connectivity index (χ1n) is 7.71. The van der Waals surface area contributed by atoms with E-state index in [0.717, 1.165) is 29.3 Å². The van der Waals surface area contributed by atoms with Crippen LogP contribution in [0.25, 0.3) is 11.3 Å². The predicted octanol–water partition coefficient (Wildman–Crippen LogP) is 4.71. The monoisotopic (exact) mass is 324 g/mol. The highest BCUT2D eigenvalue weighted by atomic mass is 32.1. The summed E-state index contributed by atoms with van der Waals surface area (Å²) in [5.74, 6) is 0.756. The van der Waals surface area contributed by atoms with Gasteiger partial charge in [-0.15, -0.1) is 11.3 Å². The van der Waals surface area contributed by atoms with Gasteiger partial charge in [-0.1, -0.05) is 42.0 Å². The van der Waals surface area contributed by atoms with E-state index in [0.29, 0.717) is 12.3 Å². The first-order chi connectivity index (χ1) is 11.2. The van der Waals surface area contributed by atoms with Gasteiger partial charge in [-0.3, -0.25) is 0 Å². The molecule has 0 aliphatic heterocycles. The summed E-state index contributed by atoms with van der Waals surface area (Å²) in [4.78, 5) is 4.71. The standard InChI is InChI=1S/C19H20N2OS/c1-14-8-10-15(11-9-14)17-13-23-19(21-17)7-4-12-22-18-6-3-2-5-16(18)20/h2-3,5-6,8-11,13H,4,7,12,20H2,1H3. The number of nitrogens with two attached hydrogens (primary N) is 1. The Morgan fingerprint density at radius 2 is 1.87 bits per heavy atom. The highest BCUT2D eigenvalue weighted by molar-refractivity contribution is 7.09. The van der Waals surface area contributed by atoms with Crippen LogP contribution in [0.15, 0.2) is 53.9 Å². The maximum Gasteiger partial charge on any atom is 0.142 e. The van der Waals surface area contributed by atoms with Crippen LogP contribution in [-0.2, 0) is 6.42 Å². The fourth-order valence-corrected chi connectivity index (χ4v) is 3.15. The van der Waals surface area contributed by atoms with Crippen LogP contribution in [0, 0.1) is 6.92 Å². The molecule has 0 aliphatic carbocycles. The fourth-order valence-electron chi connectivity index (χ4n) is 2.30. The Morgan fingerprint density at radius 1 is 1.09 bits per heavy atom. The number of aromatic nitrogens is 1. The molecular formula is C19H20N2OS. The Bertz CT molecular complexity index is 765. The van der Waals surface area contributed by atoms with Crippen molar-refractivity contribution < 1.29 is 4.74 Å². The normalized spacial score (nSPS) is 10.7. The SMILES string of the molecule is Cc1ccc(-c2csc(CCCOc3ccccc3N)n2)cc1. The number of rotatable bonds is 6. The van der Waals surface area contributed by atoms with E-state index in [1.807, 2.05) is 24.3 Å². The van der Waals surface area contributed by atoms with Gasteiger partial charge in [0.1, 0.15) is 5.75 Å². The zero-order chi connectivity index (χ0) is 16.1. The van der Waals surface area contributed by atoms with Crippen molar-refractivity contribution in [2.24, 2.45) is 0 Å². The van der Waals surface area contributed by atoms with Crippen LogP contribution >= 0.6 is 11.3 Å². The zero-order valence-corrected chi connectivity index (χ0v) is 14.0. The van der Waals surface area contributed by atoms with Gasteiger partial charge in [-0.25, -0.2) is 4.98 Å². The molecule has 1 aromatic heterocycles. The van der Waals surface area contributed by atoms with Crippen molar-refractivity contribution in [1.82, 2.24) is 4.98 Å². The Hall–Kier alpha value is -2.33. The predicted molar refractivity (Wildman–Crippen MR) is 97.0 cm³/mol. The minimum atomic E-state index is 0.646. The summed E-state index contributed by atoms with van der Waals surface area (Å²) in [5, 5.41) is 3.26. The molecule has 0 fully saturated rings. The molecule has 118 valence electrons. The van der Waals surface area contributed by atoms with E-state index < -0.39 is 0 Å². The number of aryl methyl sites for hydroxylation is 2. The maximum absolute atomic E-state index is 5.86. The quantitative estimate of drug-likeness (QED) is 0.527. The van der Waals surface area contributed by atoms with Crippen LogP contribution in [0.3, 0.4) is 0 Å². The summed E-state index contributed by atoms with van der Waals surface area (Å²) in [7, 11) is 0. The molecule has 0 aliphatic rings. The summed E-state index contributed by atoms with van der Waals surface area (Å²) in [5.41, 5.74) is 10.0. The van der Waals surface area contributed by atoms with E-state index in [2.05, 4.69) is 36.6 Å². The van der Waals surface area contributed by atoms with Crippen molar-refractivity contribution in [3.8, 4) is 17.0 Å². The fraction of sp³-hybridized carbons (Fsp3) is 0.211. The van der Waals surface area contributed by atoms with Crippen LogP contribution < -0.4 is 10.5 Å². The van der Waals surface area contributed by atoms with Gasteiger partial charge in [0.25, 0.3) is 0 Å². The molecule has 0 saturated heterocycles. The summed E-state index contributed by atoms with van der Waals surface area (Å²) >= 11 is 1.71. The third-order valence-corrected chi connectivity index (χ3v) is 4.52. The second-order valence-electron chi connectivity index (χ2n) is 5.48.